The van der Waals surface area contributed by atoms with Gasteiger partial charge in [0.25, 0.3) is 0 Å². The maximum Gasteiger partial charge on any atom is 0.196 e. The zero-order valence-corrected chi connectivity index (χ0v) is 14.9. The molecular formula is C20H31N3. The molecule has 1 aliphatic carbocycles. The molecule has 1 aromatic carbocycles. The second kappa shape index (κ2) is 8.19. The van der Waals surface area contributed by atoms with Crippen LogP contribution in [0.15, 0.2) is 41.9 Å². The summed E-state index contributed by atoms with van der Waals surface area (Å²) in [7, 11) is 0. The summed E-state index contributed by atoms with van der Waals surface area (Å²) in [6, 6.07) is 9.08. The molecule has 0 spiro atoms. The van der Waals surface area contributed by atoms with Crippen LogP contribution in [0.3, 0.4) is 0 Å². The van der Waals surface area contributed by atoms with Crippen LogP contribution in [-0.4, -0.2) is 18.5 Å². The van der Waals surface area contributed by atoms with Gasteiger partial charge in [0, 0.05) is 12.2 Å². The topological polar surface area (TPSA) is 36.4 Å². The van der Waals surface area contributed by atoms with Crippen molar-refractivity contribution in [3.63, 3.8) is 0 Å². The predicted molar refractivity (Wildman–Crippen MR) is 101 cm³/mol. The van der Waals surface area contributed by atoms with Gasteiger partial charge in [-0.15, -0.1) is 6.58 Å². The second-order valence-corrected chi connectivity index (χ2v) is 7.39. The van der Waals surface area contributed by atoms with Gasteiger partial charge in [-0.3, -0.25) is 0 Å². The molecule has 0 bridgehead atoms. The Hall–Kier alpha value is -1.77. The summed E-state index contributed by atoms with van der Waals surface area (Å²) in [5.41, 5.74) is 2.59. The Morgan fingerprint density at radius 1 is 1.17 bits per heavy atom. The van der Waals surface area contributed by atoms with Crippen LogP contribution in [0, 0.1) is 0 Å². The normalized spacial score (nSPS) is 16.9. The zero-order chi connectivity index (χ0) is 16.7. The average Bonchev–Trinajstić information content (AvgIpc) is 2.53. The Balaban J connectivity index is 2.07. The van der Waals surface area contributed by atoms with Crippen LogP contribution in [0.4, 0.5) is 5.69 Å². The van der Waals surface area contributed by atoms with Gasteiger partial charge in [-0.1, -0.05) is 58.2 Å². The standard InChI is InChI=1S/C20H31N3/c1-5-15-21-19(22-17-9-7-6-8-10-17)23-18-13-11-16(12-14-18)20(2,3)4/h5,11-14,17H,1,6-10,15H2,2-4H3,(H2,21,22,23). The van der Waals surface area contributed by atoms with Gasteiger partial charge in [-0.2, -0.15) is 0 Å². The maximum atomic E-state index is 4.89. The molecule has 1 aromatic rings. The van der Waals surface area contributed by atoms with Gasteiger partial charge in [0.15, 0.2) is 5.96 Å². The van der Waals surface area contributed by atoms with E-state index in [9.17, 15) is 0 Å². The first kappa shape index (κ1) is 17.6. The number of hydrogen-bond donors (Lipinski definition) is 2. The van der Waals surface area contributed by atoms with Crippen LogP contribution in [0.1, 0.15) is 58.4 Å². The summed E-state index contributed by atoms with van der Waals surface area (Å²) in [6.45, 7) is 11.2. The van der Waals surface area contributed by atoms with Crippen molar-refractivity contribution in [2.75, 3.05) is 11.9 Å². The summed E-state index contributed by atoms with van der Waals surface area (Å²) >= 11 is 0. The molecule has 0 heterocycles. The van der Waals surface area contributed by atoms with E-state index < -0.39 is 0 Å². The molecule has 1 aliphatic rings. The molecule has 2 rings (SSSR count). The van der Waals surface area contributed by atoms with Crippen LogP contribution in [0.5, 0.6) is 0 Å². The van der Waals surface area contributed by atoms with Crippen LogP contribution in [0.25, 0.3) is 0 Å². The van der Waals surface area contributed by atoms with E-state index in [0.29, 0.717) is 6.04 Å². The van der Waals surface area contributed by atoms with Crippen molar-refractivity contribution < 1.29 is 0 Å². The third-order valence-electron chi connectivity index (χ3n) is 4.31. The summed E-state index contributed by atoms with van der Waals surface area (Å²) in [4.78, 5) is 4.89. The van der Waals surface area contributed by atoms with Gasteiger partial charge in [-0.05, 0) is 36.0 Å². The Labute approximate surface area is 141 Å². The lowest BCUT2D eigenvalue weighted by Crippen LogP contribution is -2.32. The highest BCUT2D eigenvalue weighted by atomic mass is 15.2. The lowest BCUT2D eigenvalue weighted by Gasteiger charge is -2.21. The molecule has 0 amide bonds. The minimum atomic E-state index is 0.179. The van der Waals surface area contributed by atoms with Crippen molar-refractivity contribution in [3.8, 4) is 0 Å². The highest BCUT2D eigenvalue weighted by Gasteiger charge is 2.14. The fourth-order valence-corrected chi connectivity index (χ4v) is 2.87. The van der Waals surface area contributed by atoms with Gasteiger partial charge in [-0.25, -0.2) is 4.99 Å². The summed E-state index contributed by atoms with van der Waals surface area (Å²) in [6.07, 6.45) is 8.20. The molecule has 1 saturated carbocycles. The molecule has 0 saturated heterocycles. The number of anilines is 1. The molecule has 0 radical (unpaired) electrons. The Morgan fingerprint density at radius 2 is 1.83 bits per heavy atom. The molecule has 3 nitrogen and oxygen atoms in total. The third-order valence-corrected chi connectivity index (χ3v) is 4.31. The minimum absolute atomic E-state index is 0.179. The maximum absolute atomic E-state index is 4.89. The van der Waals surface area contributed by atoms with Crippen molar-refractivity contribution in [2.45, 2.75) is 64.3 Å². The van der Waals surface area contributed by atoms with Gasteiger partial charge in [0.05, 0.1) is 6.04 Å². The van der Waals surface area contributed by atoms with Crippen molar-refractivity contribution in [2.24, 2.45) is 4.99 Å². The molecule has 23 heavy (non-hydrogen) atoms. The molecule has 0 aliphatic heterocycles. The minimum Gasteiger partial charge on any atom is -0.353 e. The van der Waals surface area contributed by atoms with Crippen LogP contribution in [0.2, 0.25) is 0 Å². The summed E-state index contributed by atoms with van der Waals surface area (Å²) in [5, 5.41) is 6.76. The Kier molecular flexibility index (Phi) is 6.26. The summed E-state index contributed by atoms with van der Waals surface area (Å²) < 4.78 is 0. The summed E-state index contributed by atoms with van der Waals surface area (Å²) in [5.74, 6) is 0.861. The highest BCUT2D eigenvalue weighted by Crippen LogP contribution is 2.24. The molecule has 1 fully saturated rings. The lowest BCUT2D eigenvalue weighted by molar-refractivity contribution is 0.442. The van der Waals surface area contributed by atoms with E-state index in [0.717, 1.165) is 18.2 Å². The van der Waals surface area contributed by atoms with Gasteiger partial charge >= 0.3 is 0 Å². The molecule has 0 aromatic heterocycles. The van der Waals surface area contributed by atoms with Gasteiger partial charge in [0.1, 0.15) is 0 Å². The Morgan fingerprint density at radius 3 is 2.39 bits per heavy atom. The number of nitrogens with one attached hydrogen (secondary N) is 2. The SMILES string of the molecule is C=CCNC(=NC1CCCCC1)Nc1ccc(C(C)(C)C)cc1. The van der Waals surface area contributed by atoms with Gasteiger partial charge < -0.3 is 10.6 Å². The molecule has 0 unspecified atom stereocenters. The zero-order valence-electron chi connectivity index (χ0n) is 14.9. The fraction of sp³-hybridized carbons (Fsp3) is 0.550. The number of nitrogens with zero attached hydrogens (tertiary/aromatic N) is 1. The monoisotopic (exact) mass is 313 g/mol. The van der Waals surface area contributed by atoms with Crippen LogP contribution < -0.4 is 10.6 Å². The first-order chi connectivity index (χ1) is 11.0. The van der Waals surface area contributed by atoms with Crippen molar-refractivity contribution in [1.29, 1.82) is 0 Å². The van der Waals surface area contributed by atoms with Crippen molar-refractivity contribution in [3.05, 3.63) is 42.5 Å². The van der Waals surface area contributed by atoms with Crippen LogP contribution in [-0.2, 0) is 5.41 Å². The molecule has 3 heteroatoms. The first-order valence-corrected chi connectivity index (χ1v) is 8.79. The molecule has 126 valence electrons. The average molecular weight is 313 g/mol. The number of rotatable bonds is 4. The van der Waals surface area contributed by atoms with Gasteiger partial charge in [0.2, 0.25) is 0 Å². The number of benzene rings is 1. The van der Waals surface area contributed by atoms with Crippen LogP contribution >= 0.6 is 0 Å². The van der Waals surface area contributed by atoms with Crippen molar-refractivity contribution >= 4 is 11.6 Å². The lowest BCUT2D eigenvalue weighted by atomic mass is 9.87. The van der Waals surface area contributed by atoms with Crippen molar-refractivity contribution in [1.82, 2.24) is 5.32 Å². The number of aliphatic imine (C=N–C) groups is 1. The van der Waals surface area contributed by atoms with E-state index in [1.807, 2.05) is 6.08 Å². The van der Waals surface area contributed by atoms with E-state index in [1.165, 1.54) is 37.7 Å². The smallest absolute Gasteiger partial charge is 0.196 e. The largest absolute Gasteiger partial charge is 0.353 e. The molecular weight excluding hydrogens is 282 g/mol. The molecule has 2 N–H and O–H groups in total. The highest BCUT2D eigenvalue weighted by molar-refractivity contribution is 5.93. The van der Waals surface area contributed by atoms with E-state index >= 15 is 0 Å². The second-order valence-electron chi connectivity index (χ2n) is 7.39. The molecule has 0 atom stereocenters. The number of guanidine groups is 1. The van der Waals surface area contributed by atoms with E-state index in [-0.39, 0.29) is 5.41 Å². The van der Waals surface area contributed by atoms with E-state index in [1.54, 1.807) is 0 Å². The first-order valence-electron chi connectivity index (χ1n) is 8.79. The fourth-order valence-electron chi connectivity index (χ4n) is 2.87. The number of hydrogen-bond acceptors (Lipinski definition) is 1. The van der Waals surface area contributed by atoms with E-state index in [2.05, 4.69) is 62.2 Å². The predicted octanol–water partition coefficient (Wildman–Crippen LogP) is 4.86. The Bertz CT molecular complexity index is 517. The quantitative estimate of drug-likeness (QED) is 0.473. The van der Waals surface area contributed by atoms with E-state index in [4.69, 9.17) is 4.99 Å². The third kappa shape index (κ3) is 5.74.